The summed E-state index contributed by atoms with van der Waals surface area (Å²) in [6, 6.07) is 12.4. The number of hydrogen-bond acceptors (Lipinski definition) is 3. The Bertz CT molecular complexity index is 1110. The van der Waals surface area contributed by atoms with Crippen LogP contribution in [0.5, 0.6) is 0 Å². The number of ether oxygens (including phenoxy) is 1. The minimum absolute atomic E-state index is 0.128. The second-order valence-corrected chi connectivity index (χ2v) is 8.94. The predicted octanol–water partition coefficient (Wildman–Crippen LogP) is 3.98. The Morgan fingerprint density at radius 2 is 1.76 bits per heavy atom. The highest BCUT2D eigenvalue weighted by atomic mass is 19.1. The maximum Gasteiger partial charge on any atom is 0.252 e. The van der Waals surface area contributed by atoms with Gasteiger partial charge in [-0.3, -0.25) is 9.59 Å². The van der Waals surface area contributed by atoms with Crippen LogP contribution in [0.25, 0.3) is 5.57 Å². The number of nitrogens with one attached hydrogen (secondary N) is 2. The molecule has 1 aliphatic heterocycles. The van der Waals surface area contributed by atoms with Crippen LogP contribution in [0.4, 0.5) is 4.39 Å². The first-order valence-electron chi connectivity index (χ1n) is 11.3. The van der Waals surface area contributed by atoms with E-state index >= 15 is 0 Å². The summed E-state index contributed by atoms with van der Waals surface area (Å²) in [5.74, 6) is -0.787. The van der Waals surface area contributed by atoms with Crippen LogP contribution in [-0.4, -0.2) is 37.6 Å². The van der Waals surface area contributed by atoms with Crippen LogP contribution in [0.2, 0.25) is 0 Å². The van der Waals surface area contributed by atoms with Gasteiger partial charge in [-0.25, -0.2) is 4.39 Å². The van der Waals surface area contributed by atoms with E-state index in [-0.39, 0.29) is 17.4 Å². The van der Waals surface area contributed by atoms with Gasteiger partial charge in [0.2, 0.25) is 0 Å². The van der Waals surface area contributed by atoms with Gasteiger partial charge in [0.05, 0.1) is 0 Å². The van der Waals surface area contributed by atoms with Gasteiger partial charge >= 0.3 is 0 Å². The van der Waals surface area contributed by atoms with Crippen LogP contribution < -0.4 is 10.6 Å². The van der Waals surface area contributed by atoms with E-state index in [1.54, 1.807) is 31.3 Å². The third-order valence-electron chi connectivity index (χ3n) is 6.40. The Labute approximate surface area is 193 Å². The number of amides is 2. The van der Waals surface area contributed by atoms with Gasteiger partial charge in [-0.1, -0.05) is 35.9 Å². The first-order chi connectivity index (χ1) is 15.9. The number of hydrogen-bond donors (Lipinski definition) is 2. The van der Waals surface area contributed by atoms with Gasteiger partial charge in [0.25, 0.3) is 11.8 Å². The van der Waals surface area contributed by atoms with Crippen molar-refractivity contribution in [3.63, 3.8) is 0 Å². The summed E-state index contributed by atoms with van der Waals surface area (Å²) in [5, 5.41) is 5.74. The lowest BCUT2D eigenvalue weighted by Crippen LogP contribution is -2.49. The van der Waals surface area contributed by atoms with Crippen molar-refractivity contribution in [3.05, 3.63) is 88.3 Å². The standard InChI is InChI=1S/C27H29FN2O3/c1-27(12-14-33-15-13-27)30-26(32)22-11-8-19(17-21-4-3-5-23(28)24(21)22)16-18-6-9-20(10-7-18)25(31)29-2/h3-11H,12-17H2,1-2H3,(H,29,31)(H,30,32). The average molecular weight is 449 g/mol. The number of halogens is 1. The minimum atomic E-state index is -0.393. The molecule has 1 fully saturated rings. The zero-order valence-electron chi connectivity index (χ0n) is 19.0. The summed E-state index contributed by atoms with van der Waals surface area (Å²) < 4.78 is 20.4. The molecule has 5 nitrogen and oxygen atoms in total. The van der Waals surface area contributed by atoms with Crippen molar-refractivity contribution in [2.24, 2.45) is 0 Å². The van der Waals surface area contributed by atoms with Crippen LogP contribution in [0, 0.1) is 5.82 Å². The second kappa shape index (κ2) is 9.71. The molecule has 0 radical (unpaired) electrons. The molecule has 1 saturated heterocycles. The van der Waals surface area contributed by atoms with E-state index < -0.39 is 5.82 Å². The highest BCUT2D eigenvalue weighted by Gasteiger charge is 2.31. The average Bonchev–Trinajstić information content (AvgIpc) is 2.99. The van der Waals surface area contributed by atoms with Crippen LogP contribution in [-0.2, 0) is 22.4 Å². The summed E-state index contributed by atoms with van der Waals surface area (Å²) in [6.45, 7) is 3.21. The Morgan fingerprint density at radius 1 is 1.03 bits per heavy atom. The molecular weight excluding hydrogens is 419 g/mol. The van der Waals surface area contributed by atoms with Crippen molar-refractivity contribution in [2.45, 2.75) is 38.1 Å². The molecule has 0 bridgehead atoms. The fourth-order valence-electron chi connectivity index (χ4n) is 4.39. The molecule has 0 atom stereocenters. The van der Waals surface area contributed by atoms with Crippen LogP contribution in [0.1, 0.15) is 46.8 Å². The van der Waals surface area contributed by atoms with Gasteiger partial charge < -0.3 is 15.4 Å². The monoisotopic (exact) mass is 448 g/mol. The SMILES string of the molecule is CNC(=O)c1ccc(CC2=CC=C(C(=O)NC3(C)CCOCC3)c3c(F)cccc3C2)cc1. The molecule has 33 heavy (non-hydrogen) atoms. The molecule has 0 unspecified atom stereocenters. The highest BCUT2D eigenvalue weighted by Crippen LogP contribution is 2.31. The van der Waals surface area contributed by atoms with E-state index in [1.165, 1.54) is 6.07 Å². The smallest absolute Gasteiger partial charge is 0.252 e. The molecular formula is C27H29FN2O3. The van der Waals surface area contributed by atoms with Crippen LogP contribution >= 0.6 is 0 Å². The second-order valence-electron chi connectivity index (χ2n) is 8.94. The number of carbonyl (C=O) groups is 2. The Kier molecular flexibility index (Phi) is 6.75. The summed E-state index contributed by atoms with van der Waals surface area (Å²) in [6.07, 6.45) is 6.30. The van der Waals surface area contributed by atoms with E-state index in [4.69, 9.17) is 4.74 Å². The fraction of sp³-hybridized carbons (Fsp3) is 0.333. The molecule has 4 rings (SSSR count). The van der Waals surface area contributed by atoms with E-state index in [0.29, 0.717) is 42.8 Å². The van der Waals surface area contributed by atoms with Crippen molar-refractivity contribution in [1.29, 1.82) is 0 Å². The van der Waals surface area contributed by atoms with Crippen molar-refractivity contribution in [2.75, 3.05) is 20.3 Å². The number of rotatable bonds is 5. The maximum atomic E-state index is 14.9. The number of benzene rings is 2. The largest absolute Gasteiger partial charge is 0.381 e. The molecule has 0 spiro atoms. The van der Waals surface area contributed by atoms with Gasteiger partial charge in [-0.2, -0.15) is 0 Å². The molecule has 2 aromatic rings. The van der Waals surface area contributed by atoms with Gasteiger partial charge in [0.1, 0.15) is 5.82 Å². The topological polar surface area (TPSA) is 67.4 Å². The zero-order valence-corrected chi connectivity index (χ0v) is 19.0. The molecule has 2 amide bonds. The predicted molar refractivity (Wildman–Crippen MR) is 126 cm³/mol. The summed E-state index contributed by atoms with van der Waals surface area (Å²) in [7, 11) is 1.60. The van der Waals surface area contributed by atoms with Gasteiger partial charge in [-0.05, 0) is 68.0 Å². The molecule has 1 aliphatic carbocycles. The maximum absolute atomic E-state index is 14.9. The van der Waals surface area contributed by atoms with Gasteiger partial charge in [-0.15, -0.1) is 0 Å². The van der Waals surface area contributed by atoms with Crippen molar-refractivity contribution < 1.29 is 18.7 Å². The molecule has 0 aromatic heterocycles. The minimum Gasteiger partial charge on any atom is -0.381 e. The lowest BCUT2D eigenvalue weighted by Gasteiger charge is -2.34. The molecule has 2 aromatic carbocycles. The Balaban J connectivity index is 1.61. The molecule has 2 N–H and O–H groups in total. The van der Waals surface area contributed by atoms with E-state index in [0.717, 1.165) is 29.5 Å². The first kappa shape index (κ1) is 22.9. The van der Waals surface area contributed by atoms with E-state index in [1.807, 2.05) is 31.2 Å². The summed E-state index contributed by atoms with van der Waals surface area (Å²) in [5.41, 5.74) is 3.85. The summed E-state index contributed by atoms with van der Waals surface area (Å²) in [4.78, 5) is 25.1. The third-order valence-corrected chi connectivity index (χ3v) is 6.40. The van der Waals surface area contributed by atoms with Crippen LogP contribution in [0.15, 0.2) is 60.2 Å². The first-order valence-corrected chi connectivity index (χ1v) is 11.3. The normalized spacial score (nSPS) is 17.2. The molecule has 0 saturated carbocycles. The van der Waals surface area contributed by atoms with Crippen molar-refractivity contribution >= 4 is 17.4 Å². The van der Waals surface area contributed by atoms with Crippen molar-refractivity contribution in [1.82, 2.24) is 10.6 Å². The highest BCUT2D eigenvalue weighted by molar-refractivity contribution is 6.20. The molecule has 172 valence electrons. The van der Waals surface area contributed by atoms with Crippen molar-refractivity contribution in [3.8, 4) is 0 Å². The molecule has 2 aliphatic rings. The molecule has 1 heterocycles. The Hall–Kier alpha value is -3.25. The lowest BCUT2D eigenvalue weighted by atomic mass is 9.90. The number of allylic oxidation sites excluding steroid dienone is 3. The lowest BCUT2D eigenvalue weighted by molar-refractivity contribution is -0.118. The van der Waals surface area contributed by atoms with E-state index in [2.05, 4.69) is 10.6 Å². The van der Waals surface area contributed by atoms with Gasteiger partial charge in [0.15, 0.2) is 0 Å². The fourth-order valence-corrected chi connectivity index (χ4v) is 4.39. The van der Waals surface area contributed by atoms with Crippen LogP contribution in [0.3, 0.4) is 0 Å². The Morgan fingerprint density at radius 3 is 2.45 bits per heavy atom. The van der Waals surface area contributed by atoms with E-state index in [9.17, 15) is 14.0 Å². The quantitative estimate of drug-likeness (QED) is 0.727. The third kappa shape index (κ3) is 5.22. The van der Waals surface area contributed by atoms with Gasteiger partial charge in [0, 0.05) is 42.5 Å². The number of carbonyl (C=O) groups excluding carboxylic acids is 2. The summed E-state index contributed by atoms with van der Waals surface area (Å²) >= 11 is 0. The zero-order chi connectivity index (χ0) is 23.4. The number of fused-ring (bicyclic) bond motifs is 1. The molecule has 6 heteroatoms.